The van der Waals surface area contributed by atoms with Crippen molar-refractivity contribution >= 4 is 38.6 Å². The average molecular weight is 435 g/mol. The van der Waals surface area contributed by atoms with Crippen LogP contribution in [0.25, 0.3) is 11.0 Å². The van der Waals surface area contributed by atoms with Gasteiger partial charge in [-0.2, -0.15) is 0 Å². The van der Waals surface area contributed by atoms with E-state index >= 15 is 0 Å². The number of aromatic amines is 1. The molecule has 0 atom stereocenters. The van der Waals surface area contributed by atoms with Gasteiger partial charge in [0.25, 0.3) is 5.91 Å². The number of aromatic nitrogens is 2. The number of rotatable bonds is 8. The van der Waals surface area contributed by atoms with Crippen LogP contribution in [-0.4, -0.2) is 36.9 Å². The second kappa shape index (κ2) is 8.94. The van der Waals surface area contributed by atoms with Crippen LogP contribution in [-0.2, 0) is 16.4 Å². The molecular weight excluding hydrogens is 412 g/mol. The van der Waals surface area contributed by atoms with Gasteiger partial charge in [0.05, 0.1) is 26.5 Å². The third-order valence-electron chi connectivity index (χ3n) is 4.20. The second-order valence-corrected chi connectivity index (χ2v) is 9.10. The molecule has 3 rings (SSSR count). The van der Waals surface area contributed by atoms with E-state index in [4.69, 9.17) is 11.6 Å². The number of amides is 1. The largest absolute Gasteiger partial charge is 0.352 e. The summed E-state index contributed by atoms with van der Waals surface area (Å²) >= 11 is 6.11. The van der Waals surface area contributed by atoms with Crippen LogP contribution in [0.2, 0.25) is 5.02 Å². The fraction of sp³-hybridized carbons (Fsp3) is 0.300. The first-order valence-electron chi connectivity index (χ1n) is 9.30. The lowest BCUT2D eigenvalue weighted by Gasteiger charge is -2.12. The maximum absolute atomic E-state index is 12.5. The zero-order valence-electron chi connectivity index (χ0n) is 16.2. The molecule has 0 spiro atoms. The molecule has 0 saturated heterocycles. The summed E-state index contributed by atoms with van der Waals surface area (Å²) in [6.07, 6.45) is 1.35. The first-order chi connectivity index (χ1) is 13.8. The van der Waals surface area contributed by atoms with Gasteiger partial charge in [-0.3, -0.25) is 4.79 Å². The molecular formula is C20H23ClN4O3S. The van der Waals surface area contributed by atoms with Crippen LogP contribution in [0.3, 0.4) is 0 Å². The molecule has 154 valence electrons. The van der Waals surface area contributed by atoms with Crippen molar-refractivity contribution in [1.82, 2.24) is 20.0 Å². The quantitative estimate of drug-likeness (QED) is 0.473. The minimum Gasteiger partial charge on any atom is -0.352 e. The molecule has 2 aromatic carbocycles. The number of carbonyl (C=O) groups excluding carboxylic acids is 1. The summed E-state index contributed by atoms with van der Waals surface area (Å²) in [6, 6.07) is 11.6. The Morgan fingerprint density at radius 1 is 1.21 bits per heavy atom. The van der Waals surface area contributed by atoms with Crippen molar-refractivity contribution in [1.29, 1.82) is 0 Å². The lowest BCUT2D eigenvalue weighted by molar-refractivity contribution is 0.0953. The van der Waals surface area contributed by atoms with Gasteiger partial charge in [-0.15, -0.1) is 0 Å². The van der Waals surface area contributed by atoms with Crippen LogP contribution in [0, 0.1) is 0 Å². The Morgan fingerprint density at radius 2 is 1.97 bits per heavy atom. The summed E-state index contributed by atoms with van der Waals surface area (Å²) in [5.41, 5.74) is 2.01. The van der Waals surface area contributed by atoms with Crippen LogP contribution in [0.1, 0.15) is 36.5 Å². The van der Waals surface area contributed by atoms with Gasteiger partial charge >= 0.3 is 0 Å². The molecule has 1 heterocycles. The van der Waals surface area contributed by atoms with Crippen LogP contribution in [0.15, 0.2) is 47.4 Å². The van der Waals surface area contributed by atoms with E-state index in [1.807, 2.05) is 24.3 Å². The minimum atomic E-state index is -3.71. The first-order valence-corrected chi connectivity index (χ1v) is 11.2. The summed E-state index contributed by atoms with van der Waals surface area (Å²) in [5, 5.41) is 2.98. The zero-order valence-corrected chi connectivity index (χ0v) is 17.8. The Balaban J connectivity index is 1.60. The fourth-order valence-corrected chi connectivity index (χ4v) is 4.38. The highest BCUT2D eigenvalue weighted by Gasteiger charge is 2.19. The number of hydrogen-bond acceptors (Lipinski definition) is 4. The van der Waals surface area contributed by atoms with Gasteiger partial charge in [0.2, 0.25) is 10.0 Å². The maximum Gasteiger partial charge on any atom is 0.252 e. The van der Waals surface area contributed by atoms with E-state index in [1.54, 1.807) is 13.8 Å². The fourth-order valence-electron chi connectivity index (χ4n) is 2.90. The highest BCUT2D eigenvalue weighted by atomic mass is 35.5. The molecule has 0 bridgehead atoms. The zero-order chi connectivity index (χ0) is 21.0. The van der Waals surface area contributed by atoms with E-state index in [-0.39, 0.29) is 21.5 Å². The topological polar surface area (TPSA) is 104 Å². The molecule has 9 heteroatoms. The Labute approximate surface area is 174 Å². The number of nitrogens with zero attached hydrogens (tertiary/aromatic N) is 1. The number of sulfonamides is 1. The Hall–Kier alpha value is -2.42. The molecule has 0 aliphatic rings. The van der Waals surface area contributed by atoms with Gasteiger partial charge in [-0.1, -0.05) is 23.7 Å². The standard InChI is InChI=1S/C20H23ClN4O3S/c1-13(2)25-29(27,28)14-9-10-16(21)15(12-14)20(26)22-11-5-8-19-23-17-6-3-4-7-18(17)24-19/h3-4,6-7,9-10,12-13,25H,5,8,11H2,1-2H3,(H,22,26)(H,23,24). The minimum absolute atomic E-state index is 0.00280. The smallest absolute Gasteiger partial charge is 0.252 e. The monoisotopic (exact) mass is 434 g/mol. The molecule has 0 saturated carbocycles. The third kappa shape index (κ3) is 5.35. The number of fused-ring (bicyclic) bond motifs is 1. The van der Waals surface area contributed by atoms with Gasteiger partial charge in [0.1, 0.15) is 5.82 Å². The Kier molecular flexibility index (Phi) is 6.56. The van der Waals surface area contributed by atoms with Crippen molar-refractivity contribution in [3.05, 3.63) is 58.9 Å². The molecule has 0 fully saturated rings. The molecule has 1 amide bonds. The summed E-state index contributed by atoms with van der Waals surface area (Å²) in [7, 11) is -3.71. The number of hydrogen-bond donors (Lipinski definition) is 3. The Morgan fingerprint density at radius 3 is 2.69 bits per heavy atom. The number of H-pyrrole nitrogens is 1. The van der Waals surface area contributed by atoms with E-state index in [1.165, 1.54) is 18.2 Å². The van der Waals surface area contributed by atoms with E-state index in [2.05, 4.69) is 20.0 Å². The number of nitrogens with one attached hydrogen (secondary N) is 3. The molecule has 3 aromatic rings. The van der Waals surface area contributed by atoms with Crippen LogP contribution < -0.4 is 10.0 Å². The molecule has 3 N–H and O–H groups in total. The highest BCUT2D eigenvalue weighted by Crippen LogP contribution is 2.21. The van der Waals surface area contributed by atoms with Gasteiger partial charge < -0.3 is 10.3 Å². The van der Waals surface area contributed by atoms with Crippen LogP contribution in [0.4, 0.5) is 0 Å². The van der Waals surface area contributed by atoms with Crippen LogP contribution >= 0.6 is 11.6 Å². The maximum atomic E-state index is 12.5. The lowest BCUT2D eigenvalue weighted by atomic mass is 10.2. The number of para-hydroxylation sites is 2. The summed E-state index contributed by atoms with van der Waals surface area (Å²) < 4.78 is 27.1. The normalized spacial score (nSPS) is 11.9. The number of benzene rings is 2. The van der Waals surface area contributed by atoms with Crippen molar-refractivity contribution < 1.29 is 13.2 Å². The first kappa shape index (κ1) is 21.3. The molecule has 0 radical (unpaired) electrons. The number of halogens is 1. The van der Waals surface area contributed by atoms with Crippen molar-refractivity contribution in [2.24, 2.45) is 0 Å². The van der Waals surface area contributed by atoms with Gasteiger partial charge in [-0.05, 0) is 50.6 Å². The van der Waals surface area contributed by atoms with Crippen molar-refractivity contribution in [2.75, 3.05) is 6.54 Å². The predicted molar refractivity (Wildman–Crippen MR) is 114 cm³/mol. The Bertz CT molecular complexity index is 1090. The molecule has 0 aliphatic heterocycles. The SMILES string of the molecule is CC(C)NS(=O)(=O)c1ccc(Cl)c(C(=O)NCCCc2nc3ccccc3[nH]2)c1. The number of aryl methyl sites for hydroxylation is 1. The molecule has 0 unspecified atom stereocenters. The second-order valence-electron chi connectivity index (χ2n) is 6.98. The molecule has 0 aliphatic carbocycles. The van der Waals surface area contributed by atoms with Crippen molar-refractivity contribution in [3.63, 3.8) is 0 Å². The van der Waals surface area contributed by atoms with E-state index in [9.17, 15) is 13.2 Å². The van der Waals surface area contributed by atoms with E-state index in [0.29, 0.717) is 19.4 Å². The molecule has 1 aromatic heterocycles. The van der Waals surface area contributed by atoms with E-state index < -0.39 is 15.9 Å². The van der Waals surface area contributed by atoms with Crippen LogP contribution in [0.5, 0.6) is 0 Å². The van der Waals surface area contributed by atoms with Gasteiger partial charge in [0, 0.05) is 19.0 Å². The number of carbonyl (C=O) groups is 1. The van der Waals surface area contributed by atoms with Crippen molar-refractivity contribution in [3.8, 4) is 0 Å². The molecule has 29 heavy (non-hydrogen) atoms. The van der Waals surface area contributed by atoms with E-state index in [0.717, 1.165) is 16.9 Å². The van der Waals surface area contributed by atoms with Gasteiger partial charge in [0.15, 0.2) is 0 Å². The third-order valence-corrected chi connectivity index (χ3v) is 6.18. The number of imidazole rings is 1. The van der Waals surface area contributed by atoms with Gasteiger partial charge in [-0.25, -0.2) is 18.1 Å². The highest BCUT2D eigenvalue weighted by molar-refractivity contribution is 7.89. The summed E-state index contributed by atoms with van der Waals surface area (Å²) in [5.74, 6) is 0.438. The van der Waals surface area contributed by atoms with Crippen molar-refractivity contribution in [2.45, 2.75) is 37.6 Å². The summed E-state index contributed by atoms with van der Waals surface area (Å²) in [6.45, 7) is 3.86. The summed E-state index contributed by atoms with van der Waals surface area (Å²) in [4.78, 5) is 20.2. The predicted octanol–water partition coefficient (Wildman–Crippen LogP) is 3.27. The average Bonchev–Trinajstić information content (AvgIpc) is 3.07. The molecule has 7 nitrogen and oxygen atoms in total. The lowest BCUT2D eigenvalue weighted by Crippen LogP contribution is -2.31.